The van der Waals surface area contributed by atoms with Crippen molar-refractivity contribution in [2.75, 3.05) is 26.2 Å². The molecule has 7 rings (SSSR count). The van der Waals surface area contributed by atoms with Gasteiger partial charge in [-0.1, -0.05) is 6.92 Å². The summed E-state index contributed by atoms with van der Waals surface area (Å²) in [5.41, 5.74) is 1.18. The van der Waals surface area contributed by atoms with Gasteiger partial charge in [-0.15, -0.1) is 0 Å². The zero-order chi connectivity index (χ0) is 31.3. The number of imidazole rings is 2. The molecule has 0 bridgehead atoms. The zero-order valence-electron chi connectivity index (χ0n) is 24.9. The summed E-state index contributed by atoms with van der Waals surface area (Å²) in [7, 11) is -3.58. The van der Waals surface area contributed by atoms with Crippen LogP contribution >= 0.6 is 0 Å². The van der Waals surface area contributed by atoms with Crippen LogP contribution in [0.4, 0.5) is 0 Å². The Morgan fingerprint density at radius 1 is 1.02 bits per heavy atom. The molecule has 1 aliphatic carbocycles. The molecule has 45 heavy (non-hydrogen) atoms. The first kappa shape index (κ1) is 29.4. The Labute approximate surface area is 261 Å². The Morgan fingerprint density at radius 2 is 1.62 bits per heavy atom. The van der Waals surface area contributed by atoms with Gasteiger partial charge < -0.3 is 15.3 Å². The molecule has 3 N–H and O–H groups in total. The summed E-state index contributed by atoms with van der Waals surface area (Å²) in [4.78, 5) is 44.3. The number of rotatable bonds is 9. The minimum absolute atomic E-state index is 0.0437. The second-order valence-corrected chi connectivity index (χ2v) is 14.6. The molecule has 0 spiro atoms. The summed E-state index contributed by atoms with van der Waals surface area (Å²) in [5, 5.41) is 12.6. The lowest BCUT2D eigenvalue weighted by Gasteiger charge is -2.33. The number of benzene rings is 1. The Balaban J connectivity index is 1.19. The summed E-state index contributed by atoms with van der Waals surface area (Å²) in [6.07, 6.45) is 10.2. The van der Waals surface area contributed by atoms with E-state index in [0.717, 1.165) is 24.2 Å². The zero-order valence-corrected chi connectivity index (χ0v) is 25.7. The number of amides is 1. The fourth-order valence-corrected chi connectivity index (χ4v) is 8.86. The molecule has 3 aromatic rings. The number of aromatic nitrogens is 4. The topological polar surface area (TPSA) is 171 Å². The lowest BCUT2D eigenvalue weighted by molar-refractivity contribution is -0.132. The average molecular weight is 630 g/mol. The number of nitriles is 1. The summed E-state index contributed by atoms with van der Waals surface area (Å²) < 4.78 is 30.1. The molecule has 1 unspecified atom stereocenters. The van der Waals surface area contributed by atoms with Gasteiger partial charge in [0.2, 0.25) is 0 Å². The second-order valence-electron chi connectivity index (χ2n) is 12.7. The van der Waals surface area contributed by atoms with Gasteiger partial charge in [0.15, 0.2) is 5.78 Å². The van der Waals surface area contributed by atoms with Crippen LogP contribution in [0.5, 0.6) is 0 Å². The SMILES string of the molecule is CC1CCN(S(=O)(=O)N2C[C@@H]3C(N4C(=O)C(Cc5cnc[nH]5)(Cc5cnc[nH]5)NC4=CC(=O)c4ccc(C#N)cc4)[C@@H]3C2)CC1. The molecular formula is C31H35N9O4S. The van der Waals surface area contributed by atoms with Crippen LogP contribution in [0.1, 0.15) is 47.1 Å². The van der Waals surface area contributed by atoms with Gasteiger partial charge in [0, 0.05) is 92.3 Å². The highest BCUT2D eigenvalue weighted by Gasteiger charge is 2.66. The number of fused-ring (bicyclic) bond motifs is 1. The van der Waals surface area contributed by atoms with Crippen molar-refractivity contribution >= 4 is 21.9 Å². The third kappa shape index (κ3) is 5.34. The maximum absolute atomic E-state index is 14.6. The molecule has 4 fully saturated rings. The van der Waals surface area contributed by atoms with Crippen LogP contribution in [0.3, 0.4) is 0 Å². The van der Waals surface area contributed by atoms with Crippen molar-refractivity contribution in [3.63, 3.8) is 0 Å². The standard InChI is InChI=1S/C31H35N9O4S/c1-20-6-8-38(9-7-20)45(43,44)39-16-25-26(17-39)29(25)40-28(10-27(41)22-4-2-21(13-32)3-5-22)37-31(30(40)42,11-23-14-33-18-35-23)12-24-15-34-19-36-24/h2-5,10,14-15,18-20,25-26,29,37H,6-9,11-12,16-17H2,1H3,(H,33,35)(H,34,36)/t25-,26+,29?. The van der Waals surface area contributed by atoms with Crippen LogP contribution in [0, 0.1) is 29.1 Å². The van der Waals surface area contributed by atoms with Crippen LogP contribution < -0.4 is 5.32 Å². The van der Waals surface area contributed by atoms with E-state index in [1.165, 1.54) is 6.08 Å². The summed E-state index contributed by atoms with van der Waals surface area (Å²) in [6, 6.07) is 8.17. The molecule has 1 aromatic carbocycles. The highest BCUT2D eigenvalue weighted by atomic mass is 32.2. The molecule has 14 heteroatoms. The first-order chi connectivity index (χ1) is 21.7. The monoisotopic (exact) mass is 629 g/mol. The van der Waals surface area contributed by atoms with Crippen molar-refractivity contribution in [1.82, 2.24) is 38.8 Å². The van der Waals surface area contributed by atoms with Gasteiger partial charge in [0.1, 0.15) is 11.4 Å². The maximum Gasteiger partial charge on any atom is 0.281 e. The largest absolute Gasteiger partial charge is 0.356 e. The van der Waals surface area contributed by atoms with Gasteiger partial charge in [0.25, 0.3) is 16.1 Å². The first-order valence-corrected chi connectivity index (χ1v) is 16.7. The molecule has 2 aromatic heterocycles. The van der Waals surface area contributed by atoms with E-state index in [4.69, 9.17) is 0 Å². The third-order valence-corrected chi connectivity index (χ3v) is 11.7. The van der Waals surface area contributed by atoms with Crippen molar-refractivity contribution < 1.29 is 18.0 Å². The van der Waals surface area contributed by atoms with Crippen molar-refractivity contribution in [2.24, 2.45) is 17.8 Å². The van der Waals surface area contributed by atoms with Crippen LogP contribution in [0.2, 0.25) is 0 Å². The molecule has 1 saturated carbocycles. The van der Waals surface area contributed by atoms with Crippen molar-refractivity contribution in [3.8, 4) is 6.07 Å². The number of piperidine rings is 2. The van der Waals surface area contributed by atoms with E-state index in [1.54, 1.807) is 62.8 Å². The molecule has 4 aliphatic rings. The Morgan fingerprint density at radius 3 is 2.16 bits per heavy atom. The lowest BCUT2D eigenvalue weighted by Crippen LogP contribution is -2.51. The van der Waals surface area contributed by atoms with Crippen LogP contribution in [-0.4, -0.2) is 91.3 Å². The molecule has 3 aliphatic heterocycles. The summed E-state index contributed by atoms with van der Waals surface area (Å²) in [5.74, 6) is 0.308. The second kappa shape index (κ2) is 11.2. The number of nitrogens with zero attached hydrogens (tertiary/aromatic N) is 6. The fraction of sp³-hybridized carbons (Fsp3) is 0.452. The van der Waals surface area contributed by atoms with Crippen molar-refractivity contribution in [3.05, 3.63) is 83.7 Å². The lowest BCUT2D eigenvalue weighted by atomic mass is 9.88. The van der Waals surface area contributed by atoms with Gasteiger partial charge in [-0.3, -0.25) is 14.5 Å². The van der Waals surface area contributed by atoms with Gasteiger partial charge >= 0.3 is 0 Å². The molecular weight excluding hydrogens is 594 g/mol. The third-order valence-electron chi connectivity index (χ3n) is 9.72. The van der Waals surface area contributed by atoms with E-state index < -0.39 is 15.7 Å². The number of aromatic amines is 2. The van der Waals surface area contributed by atoms with Crippen LogP contribution in [0.25, 0.3) is 0 Å². The minimum atomic E-state index is -3.58. The van der Waals surface area contributed by atoms with E-state index in [-0.39, 0.29) is 42.4 Å². The number of nitrogens with one attached hydrogen (secondary N) is 3. The average Bonchev–Trinajstić information content (AvgIpc) is 3.64. The van der Waals surface area contributed by atoms with Crippen LogP contribution in [0.15, 0.2) is 61.2 Å². The highest BCUT2D eigenvalue weighted by Crippen LogP contribution is 2.53. The van der Waals surface area contributed by atoms with E-state index in [2.05, 4.69) is 38.2 Å². The van der Waals surface area contributed by atoms with Crippen molar-refractivity contribution in [2.45, 2.75) is 44.2 Å². The number of ketones is 1. The molecule has 13 nitrogen and oxygen atoms in total. The van der Waals surface area contributed by atoms with E-state index in [1.807, 2.05) is 0 Å². The number of allylic oxidation sites excluding steroid dienone is 1. The quantitative estimate of drug-likeness (QED) is 0.237. The molecule has 1 amide bonds. The van der Waals surface area contributed by atoms with Gasteiger partial charge in [0.05, 0.1) is 24.3 Å². The number of hydrogen-bond donors (Lipinski definition) is 3. The van der Waals surface area contributed by atoms with E-state index in [0.29, 0.717) is 49.0 Å². The van der Waals surface area contributed by atoms with Gasteiger partial charge in [-0.2, -0.15) is 22.3 Å². The minimum Gasteiger partial charge on any atom is -0.356 e. The number of hydrogen-bond acceptors (Lipinski definition) is 8. The van der Waals surface area contributed by atoms with Crippen LogP contribution in [-0.2, 0) is 27.8 Å². The Bertz CT molecular complexity index is 1710. The van der Waals surface area contributed by atoms with Crippen molar-refractivity contribution in [1.29, 1.82) is 5.26 Å². The first-order valence-electron chi connectivity index (χ1n) is 15.3. The number of carbonyl (C=O) groups excluding carboxylic acids is 2. The summed E-state index contributed by atoms with van der Waals surface area (Å²) in [6.45, 7) is 3.87. The molecule has 3 saturated heterocycles. The van der Waals surface area contributed by atoms with Gasteiger partial charge in [-0.25, -0.2) is 9.97 Å². The fourth-order valence-electron chi connectivity index (χ4n) is 7.14. The molecule has 3 atom stereocenters. The smallest absolute Gasteiger partial charge is 0.281 e. The maximum atomic E-state index is 14.6. The van der Waals surface area contributed by atoms with E-state index in [9.17, 15) is 23.3 Å². The number of H-pyrrole nitrogens is 2. The summed E-state index contributed by atoms with van der Waals surface area (Å²) >= 11 is 0. The predicted molar refractivity (Wildman–Crippen MR) is 162 cm³/mol. The molecule has 0 radical (unpaired) electrons. The molecule has 234 valence electrons. The normalized spacial score (nSPS) is 26.1. The Kier molecular flexibility index (Phi) is 7.34. The Hall–Kier alpha value is -4.32. The number of carbonyl (C=O) groups is 2. The highest BCUT2D eigenvalue weighted by molar-refractivity contribution is 7.86. The molecule has 5 heterocycles. The van der Waals surface area contributed by atoms with E-state index >= 15 is 0 Å². The van der Waals surface area contributed by atoms with Gasteiger partial charge in [-0.05, 0) is 43.0 Å². The predicted octanol–water partition coefficient (Wildman–Crippen LogP) is 1.59.